The number of nitrogens with one attached hydrogen (secondary N) is 1. The van der Waals surface area contributed by atoms with Crippen LogP contribution in [0.15, 0.2) is 12.1 Å². The van der Waals surface area contributed by atoms with E-state index >= 15 is 0 Å². The molecule has 0 bridgehead atoms. The van der Waals surface area contributed by atoms with E-state index in [0.717, 1.165) is 6.07 Å². The second kappa shape index (κ2) is 4.62. The van der Waals surface area contributed by atoms with Crippen molar-refractivity contribution in [2.75, 3.05) is 11.2 Å². The van der Waals surface area contributed by atoms with Gasteiger partial charge in [-0.2, -0.15) is 0 Å². The Morgan fingerprint density at radius 1 is 1.57 bits per heavy atom. The zero-order valence-electron chi connectivity index (χ0n) is 7.40. The zero-order valence-corrected chi connectivity index (χ0v) is 8.92. The predicted molar refractivity (Wildman–Crippen MR) is 55.5 cm³/mol. The van der Waals surface area contributed by atoms with E-state index in [0.29, 0.717) is 11.3 Å². The minimum Gasteiger partial charge on any atom is -0.324 e. The van der Waals surface area contributed by atoms with Crippen molar-refractivity contribution in [3.8, 4) is 0 Å². The largest absolute Gasteiger partial charge is 0.324 e. The summed E-state index contributed by atoms with van der Waals surface area (Å²) in [6, 6.07) is 2.61. The maximum absolute atomic E-state index is 13.0. The molecule has 14 heavy (non-hydrogen) atoms. The molecule has 0 aliphatic heterocycles. The van der Waals surface area contributed by atoms with E-state index in [1.807, 2.05) is 0 Å². The van der Waals surface area contributed by atoms with Crippen LogP contribution >= 0.6 is 23.2 Å². The van der Waals surface area contributed by atoms with Gasteiger partial charge >= 0.3 is 0 Å². The van der Waals surface area contributed by atoms with Crippen LogP contribution in [-0.4, -0.2) is 11.8 Å². The average molecular weight is 236 g/mol. The Kier molecular flexibility index (Phi) is 3.72. The summed E-state index contributed by atoms with van der Waals surface area (Å²) < 4.78 is 13.0. The Hall–Kier alpha value is -0.800. The molecule has 5 heteroatoms. The number of aryl methyl sites for hydroxylation is 1. The Balaban J connectivity index is 2.98. The van der Waals surface area contributed by atoms with Crippen LogP contribution in [0.5, 0.6) is 0 Å². The van der Waals surface area contributed by atoms with E-state index in [1.165, 1.54) is 6.07 Å². The van der Waals surface area contributed by atoms with Crippen molar-refractivity contribution in [1.82, 2.24) is 0 Å². The quantitative estimate of drug-likeness (QED) is 0.785. The van der Waals surface area contributed by atoms with Gasteiger partial charge in [-0.1, -0.05) is 11.6 Å². The highest BCUT2D eigenvalue weighted by atomic mass is 35.5. The molecule has 0 aromatic heterocycles. The van der Waals surface area contributed by atoms with Crippen molar-refractivity contribution in [3.05, 3.63) is 28.5 Å². The Morgan fingerprint density at radius 3 is 2.79 bits per heavy atom. The van der Waals surface area contributed by atoms with Gasteiger partial charge in [0.2, 0.25) is 5.91 Å². The number of rotatable bonds is 2. The maximum atomic E-state index is 13.0. The van der Waals surface area contributed by atoms with Crippen molar-refractivity contribution >= 4 is 34.8 Å². The van der Waals surface area contributed by atoms with Gasteiger partial charge in [0.1, 0.15) is 11.7 Å². The van der Waals surface area contributed by atoms with Crippen LogP contribution in [0.4, 0.5) is 10.1 Å². The minimum atomic E-state index is -0.404. The third-order valence-electron chi connectivity index (χ3n) is 1.64. The molecule has 0 saturated carbocycles. The van der Waals surface area contributed by atoms with Crippen molar-refractivity contribution in [3.63, 3.8) is 0 Å². The van der Waals surface area contributed by atoms with E-state index in [-0.39, 0.29) is 16.8 Å². The third-order valence-corrected chi connectivity index (χ3v) is 2.20. The molecular weight excluding hydrogens is 228 g/mol. The topological polar surface area (TPSA) is 29.1 Å². The normalized spacial score (nSPS) is 10.0. The molecule has 0 spiro atoms. The molecule has 0 unspecified atom stereocenters. The molecule has 0 heterocycles. The molecule has 0 atom stereocenters. The van der Waals surface area contributed by atoms with E-state index < -0.39 is 5.82 Å². The maximum Gasteiger partial charge on any atom is 0.239 e. The Morgan fingerprint density at radius 2 is 2.21 bits per heavy atom. The fourth-order valence-electron chi connectivity index (χ4n) is 0.937. The highest BCUT2D eigenvalue weighted by Gasteiger charge is 2.07. The fraction of sp³-hybridized carbons (Fsp3) is 0.222. The molecule has 0 radical (unpaired) electrons. The molecule has 2 nitrogen and oxygen atoms in total. The molecule has 1 aromatic carbocycles. The predicted octanol–water partition coefficient (Wildman–Crippen LogP) is 2.96. The van der Waals surface area contributed by atoms with E-state index in [1.54, 1.807) is 6.92 Å². The first-order chi connectivity index (χ1) is 6.54. The van der Waals surface area contributed by atoms with Crippen molar-refractivity contribution in [1.29, 1.82) is 0 Å². The number of hydrogen-bond acceptors (Lipinski definition) is 1. The molecule has 1 N–H and O–H groups in total. The Bertz CT molecular complexity index is 368. The van der Waals surface area contributed by atoms with Gasteiger partial charge in [-0.15, -0.1) is 11.6 Å². The Labute approximate surface area is 91.0 Å². The number of halogens is 3. The summed E-state index contributed by atoms with van der Waals surface area (Å²) in [6.07, 6.45) is 0. The smallest absolute Gasteiger partial charge is 0.239 e. The summed E-state index contributed by atoms with van der Waals surface area (Å²) in [7, 11) is 0. The summed E-state index contributed by atoms with van der Waals surface area (Å²) >= 11 is 11.0. The van der Waals surface area contributed by atoms with E-state index in [9.17, 15) is 9.18 Å². The first-order valence-electron chi connectivity index (χ1n) is 3.86. The molecular formula is C9H8Cl2FNO. The summed E-state index contributed by atoms with van der Waals surface area (Å²) in [5, 5.41) is 2.62. The molecule has 76 valence electrons. The van der Waals surface area contributed by atoms with E-state index in [4.69, 9.17) is 23.2 Å². The van der Waals surface area contributed by atoms with Crippen LogP contribution in [0, 0.1) is 12.7 Å². The van der Waals surface area contributed by atoms with Crippen molar-refractivity contribution in [2.24, 2.45) is 0 Å². The van der Waals surface area contributed by atoms with Gasteiger partial charge in [-0.3, -0.25) is 4.79 Å². The van der Waals surface area contributed by atoms with E-state index in [2.05, 4.69) is 5.32 Å². The number of amides is 1. The molecule has 0 fully saturated rings. The van der Waals surface area contributed by atoms with Gasteiger partial charge in [-0.05, 0) is 24.6 Å². The summed E-state index contributed by atoms with van der Waals surface area (Å²) in [5.74, 6) is -0.939. The summed E-state index contributed by atoms with van der Waals surface area (Å²) in [6.45, 7) is 1.59. The molecule has 0 saturated heterocycles. The monoisotopic (exact) mass is 235 g/mol. The summed E-state index contributed by atoms with van der Waals surface area (Å²) in [5.41, 5.74) is 0.787. The van der Waals surface area contributed by atoms with Crippen LogP contribution in [0.3, 0.4) is 0 Å². The number of carbonyl (C=O) groups is 1. The number of carbonyl (C=O) groups excluding carboxylic acids is 1. The fourth-order valence-corrected chi connectivity index (χ4v) is 1.20. The van der Waals surface area contributed by atoms with Crippen LogP contribution in [0.1, 0.15) is 5.56 Å². The second-order valence-electron chi connectivity index (χ2n) is 2.76. The van der Waals surface area contributed by atoms with Crippen LogP contribution in [-0.2, 0) is 4.79 Å². The summed E-state index contributed by atoms with van der Waals surface area (Å²) in [4.78, 5) is 10.9. The number of benzene rings is 1. The van der Waals surface area contributed by atoms with Gasteiger partial charge < -0.3 is 5.32 Å². The van der Waals surface area contributed by atoms with Gasteiger partial charge in [0, 0.05) is 0 Å². The molecule has 0 aliphatic carbocycles. The number of hydrogen-bond donors (Lipinski definition) is 1. The van der Waals surface area contributed by atoms with Gasteiger partial charge in [0.15, 0.2) is 0 Å². The van der Waals surface area contributed by atoms with Crippen LogP contribution < -0.4 is 5.32 Å². The lowest BCUT2D eigenvalue weighted by Crippen LogP contribution is -2.13. The average Bonchev–Trinajstić information content (AvgIpc) is 2.14. The van der Waals surface area contributed by atoms with Gasteiger partial charge in [0.25, 0.3) is 0 Å². The standard InChI is InChI=1S/C9H8Cl2FNO/c1-5-2-8(13-9(14)4-10)6(11)3-7(5)12/h2-3H,4H2,1H3,(H,13,14). The highest BCUT2D eigenvalue weighted by Crippen LogP contribution is 2.25. The molecule has 1 amide bonds. The van der Waals surface area contributed by atoms with Crippen molar-refractivity contribution in [2.45, 2.75) is 6.92 Å². The lowest BCUT2D eigenvalue weighted by atomic mass is 10.2. The zero-order chi connectivity index (χ0) is 10.7. The van der Waals surface area contributed by atoms with Crippen LogP contribution in [0.2, 0.25) is 5.02 Å². The van der Waals surface area contributed by atoms with Gasteiger partial charge in [-0.25, -0.2) is 4.39 Å². The lowest BCUT2D eigenvalue weighted by molar-refractivity contribution is -0.113. The molecule has 0 aliphatic rings. The first kappa shape index (κ1) is 11.3. The third kappa shape index (κ3) is 2.59. The number of anilines is 1. The van der Waals surface area contributed by atoms with Crippen molar-refractivity contribution < 1.29 is 9.18 Å². The minimum absolute atomic E-state index is 0.159. The number of alkyl halides is 1. The SMILES string of the molecule is Cc1cc(NC(=O)CCl)c(Cl)cc1F. The van der Waals surface area contributed by atoms with Gasteiger partial charge in [0.05, 0.1) is 10.7 Å². The lowest BCUT2D eigenvalue weighted by Gasteiger charge is -2.07. The highest BCUT2D eigenvalue weighted by molar-refractivity contribution is 6.34. The molecule has 1 rings (SSSR count). The second-order valence-corrected chi connectivity index (χ2v) is 3.44. The first-order valence-corrected chi connectivity index (χ1v) is 4.77. The van der Waals surface area contributed by atoms with Crippen LogP contribution in [0.25, 0.3) is 0 Å². The molecule has 1 aromatic rings.